The fraction of sp³-hybridized carbons (Fsp3) is 0.160. The number of hydrogen-bond donors (Lipinski definition) is 1. The SMILES string of the molecule is COC(=O)NC(C)c1nc(-c2ccc(Oc3ccc(OCc4ccccc4)cc3)cc2)no1. The maximum absolute atomic E-state index is 11.3. The van der Waals surface area contributed by atoms with Crippen LogP contribution in [0.3, 0.4) is 0 Å². The van der Waals surface area contributed by atoms with E-state index in [-0.39, 0.29) is 5.89 Å². The van der Waals surface area contributed by atoms with E-state index in [1.165, 1.54) is 7.11 Å². The smallest absolute Gasteiger partial charge is 0.407 e. The molecule has 1 amide bonds. The summed E-state index contributed by atoms with van der Waals surface area (Å²) in [5.41, 5.74) is 1.87. The van der Waals surface area contributed by atoms with Gasteiger partial charge in [-0.1, -0.05) is 35.5 Å². The Labute approximate surface area is 191 Å². The predicted octanol–water partition coefficient (Wildman–Crippen LogP) is 5.52. The van der Waals surface area contributed by atoms with Crippen LogP contribution in [0.2, 0.25) is 0 Å². The Kier molecular flexibility index (Phi) is 6.84. The lowest BCUT2D eigenvalue weighted by molar-refractivity contribution is 0.165. The average molecular weight is 445 g/mol. The van der Waals surface area contributed by atoms with Gasteiger partial charge in [-0.15, -0.1) is 0 Å². The number of hydrogen-bond acceptors (Lipinski definition) is 7. The van der Waals surface area contributed by atoms with Gasteiger partial charge in [0.05, 0.1) is 7.11 Å². The topological polar surface area (TPSA) is 95.7 Å². The standard InChI is InChI=1S/C25H23N3O5/c1-17(26-25(29)30-2)24-27-23(28-33-24)19-8-10-21(11-9-19)32-22-14-12-20(13-15-22)31-16-18-6-4-3-5-7-18/h3-15,17H,16H2,1-2H3,(H,26,29). The number of ether oxygens (including phenoxy) is 3. The van der Waals surface area contributed by atoms with Crippen LogP contribution in [-0.4, -0.2) is 23.3 Å². The molecule has 8 nitrogen and oxygen atoms in total. The second-order valence-corrected chi connectivity index (χ2v) is 7.19. The van der Waals surface area contributed by atoms with Crippen LogP contribution in [0.25, 0.3) is 11.4 Å². The molecule has 4 aromatic rings. The van der Waals surface area contributed by atoms with Crippen LogP contribution in [-0.2, 0) is 11.3 Å². The Bertz CT molecular complexity index is 1170. The quantitative estimate of drug-likeness (QED) is 0.381. The van der Waals surface area contributed by atoms with Gasteiger partial charge in [0.1, 0.15) is 29.9 Å². The van der Waals surface area contributed by atoms with Gasteiger partial charge in [-0.3, -0.25) is 0 Å². The third-order valence-corrected chi connectivity index (χ3v) is 4.75. The molecule has 0 saturated carbocycles. The van der Waals surface area contributed by atoms with Crippen molar-refractivity contribution in [1.82, 2.24) is 15.5 Å². The summed E-state index contributed by atoms with van der Waals surface area (Å²) < 4.78 is 21.5. The summed E-state index contributed by atoms with van der Waals surface area (Å²) in [4.78, 5) is 15.7. The van der Waals surface area contributed by atoms with E-state index >= 15 is 0 Å². The molecule has 0 saturated heterocycles. The van der Waals surface area contributed by atoms with Gasteiger partial charge in [0.25, 0.3) is 0 Å². The number of aromatic nitrogens is 2. The first kappa shape index (κ1) is 21.9. The molecule has 4 rings (SSSR count). The van der Waals surface area contributed by atoms with Gasteiger partial charge in [-0.25, -0.2) is 4.79 Å². The van der Waals surface area contributed by atoms with Crippen LogP contribution in [0, 0.1) is 0 Å². The van der Waals surface area contributed by atoms with Gasteiger partial charge >= 0.3 is 6.09 Å². The van der Waals surface area contributed by atoms with Gasteiger partial charge in [0.15, 0.2) is 0 Å². The maximum atomic E-state index is 11.3. The van der Waals surface area contributed by atoms with Gasteiger partial charge < -0.3 is 24.1 Å². The third-order valence-electron chi connectivity index (χ3n) is 4.75. The third kappa shape index (κ3) is 5.88. The second-order valence-electron chi connectivity index (χ2n) is 7.19. The summed E-state index contributed by atoms with van der Waals surface area (Å²) >= 11 is 0. The van der Waals surface area contributed by atoms with Crippen LogP contribution in [0.1, 0.15) is 24.4 Å². The number of amides is 1. The van der Waals surface area contributed by atoms with Crippen LogP contribution >= 0.6 is 0 Å². The van der Waals surface area contributed by atoms with Crippen molar-refractivity contribution >= 4 is 6.09 Å². The molecule has 168 valence electrons. The number of methoxy groups -OCH3 is 1. The number of carbonyl (C=O) groups excluding carboxylic acids is 1. The van der Waals surface area contributed by atoms with Crippen LogP contribution in [0.15, 0.2) is 83.4 Å². The fourth-order valence-electron chi connectivity index (χ4n) is 2.98. The molecule has 0 aliphatic rings. The van der Waals surface area contributed by atoms with E-state index in [9.17, 15) is 4.79 Å². The summed E-state index contributed by atoms with van der Waals surface area (Å²) in [6, 6.07) is 24.3. The monoisotopic (exact) mass is 445 g/mol. The zero-order valence-electron chi connectivity index (χ0n) is 18.2. The minimum atomic E-state index is -0.570. The molecule has 0 spiro atoms. The largest absolute Gasteiger partial charge is 0.489 e. The van der Waals surface area contributed by atoms with E-state index in [2.05, 4.69) is 20.2 Å². The van der Waals surface area contributed by atoms with Crippen LogP contribution < -0.4 is 14.8 Å². The van der Waals surface area contributed by atoms with Gasteiger partial charge in [0, 0.05) is 5.56 Å². The van der Waals surface area contributed by atoms with Crippen molar-refractivity contribution < 1.29 is 23.5 Å². The number of carbonyl (C=O) groups is 1. The van der Waals surface area contributed by atoms with Gasteiger partial charge in [-0.05, 0) is 61.0 Å². The molecule has 0 aliphatic carbocycles. The molecule has 1 unspecified atom stereocenters. The summed E-state index contributed by atoms with van der Waals surface area (Å²) in [6.45, 7) is 2.24. The molecule has 1 heterocycles. The van der Waals surface area contributed by atoms with Crippen molar-refractivity contribution in [2.24, 2.45) is 0 Å². The molecule has 3 aromatic carbocycles. The first-order chi connectivity index (χ1) is 16.1. The lowest BCUT2D eigenvalue weighted by Crippen LogP contribution is -2.26. The molecule has 1 aromatic heterocycles. The van der Waals surface area contributed by atoms with Crippen molar-refractivity contribution in [3.63, 3.8) is 0 Å². The highest BCUT2D eigenvalue weighted by Crippen LogP contribution is 2.27. The van der Waals surface area contributed by atoms with Crippen molar-refractivity contribution in [3.8, 4) is 28.6 Å². The molecule has 1 N–H and O–H groups in total. The van der Waals surface area contributed by atoms with Crippen LogP contribution in [0.5, 0.6) is 17.2 Å². The van der Waals surface area contributed by atoms with E-state index in [1.807, 2.05) is 78.9 Å². The van der Waals surface area contributed by atoms with Crippen molar-refractivity contribution in [3.05, 3.63) is 90.3 Å². The number of alkyl carbamates (subject to hydrolysis) is 1. The molecule has 1 atom stereocenters. The number of benzene rings is 3. The van der Waals surface area contributed by atoms with Crippen LogP contribution in [0.4, 0.5) is 4.79 Å². The van der Waals surface area contributed by atoms with Crippen molar-refractivity contribution in [1.29, 1.82) is 0 Å². The summed E-state index contributed by atoms with van der Waals surface area (Å²) in [5.74, 6) is 2.83. The van der Waals surface area contributed by atoms with Crippen molar-refractivity contribution in [2.45, 2.75) is 19.6 Å². The summed E-state index contributed by atoms with van der Waals surface area (Å²) in [6.07, 6.45) is -0.570. The Morgan fingerprint density at radius 1 is 0.939 bits per heavy atom. The molecule has 0 fully saturated rings. The first-order valence-corrected chi connectivity index (χ1v) is 10.3. The van der Waals surface area contributed by atoms with E-state index in [0.717, 1.165) is 16.9 Å². The zero-order chi connectivity index (χ0) is 23.0. The average Bonchev–Trinajstić information content (AvgIpc) is 3.35. The molecular weight excluding hydrogens is 422 g/mol. The lowest BCUT2D eigenvalue weighted by atomic mass is 10.2. The normalized spacial score (nSPS) is 11.5. The minimum Gasteiger partial charge on any atom is -0.489 e. The maximum Gasteiger partial charge on any atom is 0.407 e. The summed E-state index contributed by atoms with van der Waals surface area (Å²) in [7, 11) is 1.29. The lowest BCUT2D eigenvalue weighted by Gasteiger charge is -2.09. The Hall–Kier alpha value is -4.33. The van der Waals surface area contributed by atoms with Gasteiger partial charge in [0.2, 0.25) is 11.7 Å². The Morgan fingerprint density at radius 2 is 1.58 bits per heavy atom. The highest BCUT2D eigenvalue weighted by Gasteiger charge is 2.17. The number of nitrogens with zero attached hydrogens (tertiary/aromatic N) is 2. The molecule has 0 aliphatic heterocycles. The van der Waals surface area contributed by atoms with E-state index in [1.54, 1.807) is 6.92 Å². The summed E-state index contributed by atoms with van der Waals surface area (Å²) in [5, 5.41) is 6.55. The second kappa shape index (κ2) is 10.3. The molecule has 0 bridgehead atoms. The van der Waals surface area contributed by atoms with E-state index in [0.29, 0.717) is 23.9 Å². The Morgan fingerprint density at radius 3 is 2.24 bits per heavy atom. The first-order valence-electron chi connectivity index (χ1n) is 10.3. The van der Waals surface area contributed by atoms with E-state index < -0.39 is 12.1 Å². The fourth-order valence-corrected chi connectivity index (χ4v) is 2.98. The van der Waals surface area contributed by atoms with E-state index in [4.69, 9.17) is 14.0 Å². The minimum absolute atomic E-state index is 0.283. The number of rotatable bonds is 8. The molecular formula is C25H23N3O5. The predicted molar refractivity (Wildman–Crippen MR) is 121 cm³/mol. The molecule has 0 radical (unpaired) electrons. The molecule has 8 heteroatoms. The Balaban J connectivity index is 1.33. The molecule has 33 heavy (non-hydrogen) atoms. The zero-order valence-corrected chi connectivity index (χ0v) is 18.2. The van der Waals surface area contributed by atoms with Crippen molar-refractivity contribution in [2.75, 3.05) is 7.11 Å². The highest BCUT2D eigenvalue weighted by molar-refractivity contribution is 5.67. The number of nitrogens with one attached hydrogen (secondary N) is 1. The highest BCUT2D eigenvalue weighted by atomic mass is 16.5. The van der Waals surface area contributed by atoms with Gasteiger partial charge in [-0.2, -0.15) is 4.98 Å².